The van der Waals surface area contributed by atoms with Gasteiger partial charge in [0.15, 0.2) is 11.5 Å². The Morgan fingerprint density at radius 2 is 2.29 bits per heavy atom. The zero-order valence-corrected chi connectivity index (χ0v) is 10.4. The highest BCUT2D eigenvalue weighted by Gasteiger charge is 2.26. The summed E-state index contributed by atoms with van der Waals surface area (Å²) in [6, 6.07) is 0. The van der Waals surface area contributed by atoms with Crippen LogP contribution in [-0.2, 0) is 0 Å². The van der Waals surface area contributed by atoms with Crippen molar-refractivity contribution >= 4 is 28.6 Å². The SMILES string of the molecule is CC1CN(c2ncnc3nc[nH]c23)CCC1Cl. The fourth-order valence-corrected chi connectivity index (χ4v) is 2.48. The maximum Gasteiger partial charge on any atom is 0.182 e. The van der Waals surface area contributed by atoms with Gasteiger partial charge in [-0.05, 0) is 12.3 Å². The van der Waals surface area contributed by atoms with E-state index in [1.807, 2.05) is 0 Å². The number of aromatic nitrogens is 4. The Labute approximate surface area is 104 Å². The first kappa shape index (κ1) is 10.8. The van der Waals surface area contributed by atoms with Crippen molar-refractivity contribution in [2.24, 2.45) is 5.92 Å². The fourth-order valence-electron chi connectivity index (χ4n) is 2.30. The molecule has 0 radical (unpaired) electrons. The van der Waals surface area contributed by atoms with Gasteiger partial charge in [0.1, 0.15) is 11.8 Å². The predicted octanol–water partition coefficient (Wildman–Crippen LogP) is 1.81. The highest BCUT2D eigenvalue weighted by Crippen LogP contribution is 2.27. The number of hydrogen-bond donors (Lipinski definition) is 1. The molecule has 1 fully saturated rings. The number of piperidine rings is 1. The van der Waals surface area contributed by atoms with E-state index in [9.17, 15) is 0 Å². The Morgan fingerprint density at radius 1 is 1.41 bits per heavy atom. The molecule has 0 bridgehead atoms. The minimum Gasteiger partial charge on any atom is -0.354 e. The molecular weight excluding hydrogens is 238 g/mol. The molecule has 2 aromatic heterocycles. The quantitative estimate of drug-likeness (QED) is 0.786. The number of alkyl halides is 1. The van der Waals surface area contributed by atoms with Gasteiger partial charge in [0, 0.05) is 18.5 Å². The van der Waals surface area contributed by atoms with Crippen LogP contribution in [0.3, 0.4) is 0 Å². The number of nitrogens with zero attached hydrogens (tertiary/aromatic N) is 4. The minimum absolute atomic E-state index is 0.269. The van der Waals surface area contributed by atoms with Crippen LogP contribution in [0.25, 0.3) is 11.2 Å². The van der Waals surface area contributed by atoms with E-state index in [0.717, 1.165) is 36.5 Å². The number of aromatic amines is 1. The van der Waals surface area contributed by atoms with Gasteiger partial charge in [0.05, 0.1) is 6.33 Å². The van der Waals surface area contributed by atoms with E-state index in [1.54, 1.807) is 12.7 Å². The van der Waals surface area contributed by atoms with Crippen molar-refractivity contribution in [3.8, 4) is 0 Å². The van der Waals surface area contributed by atoms with Gasteiger partial charge in [0.2, 0.25) is 0 Å². The molecule has 5 nitrogen and oxygen atoms in total. The number of hydrogen-bond acceptors (Lipinski definition) is 4. The zero-order valence-electron chi connectivity index (χ0n) is 9.60. The van der Waals surface area contributed by atoms with Gasteiger partial charge in [-0.1, -0.05) is 6.92 Å². The Kier molecular flexibility index (Phi) is 2.63. The molecule has 0 aliphatic carbocycles. The van der Waals surface area contributed by atoms with Crippen LogP contribution in [0.2, 0.25) is 0 Å². The van der Waals surface area contributed by atoms with E-state index in [-0.39, 0.29) is 5.38 Å². The lowest BCUT2D eigenvalue weighted by atomic mass is 9.99. The van der Waals surface area contributed by atoms with Crippen molar-refractivity contribution in [1.82, 2.24) is 19.9 Å². The van der Waals surface area contributed by atoms with E-state index in [2.05, 4.69) is 31.8 Å². The van der Waals surface area contributed by atoms with Crippen LogP contribution in [0.15, 0.2) is 12.7 Å². The molecular formula is C11H14ClN5. The molecule has 0 amide bonds. The average molecular weight is 252 g/mol. The number of halogens is 1. The predicted molar refractivity (Wildman–Crippen MR) is 67.3 cm³/mol. The van der Waals surface area contributed by atoms with Crippen LogP contribution in [0.4, 0.5) is 5.82 Å². The largest absolute Gasteiger partial charge is 0.354 e. The van der Waals surface area contributed by atoms with E-state index in [1.165, 1.54) is 0 Å². The summed E-state index contributed by atoms with van der Waals surface area (Å²) in [7, 11) is 0. The third-order valence-electron chi connectivity index (χ3n) is 3.30. The van der Waals surface area contributed by atoms with Crippen molar-refractivity contribution in [3.05, 3.63) is 12.7 Å². The van der Waals surface area contributed by atoms with Crippen LogP contribution in [-0.4, -0.2) is 38.4 Å². The molecule has 0 aromatic carbocycles. The van der Waals surface area contributed by atoms with E-state index in [4.69, 9.17) is 11.6 Å². The molecule has 2 atom stereocenters. The van der Waals surface area contributed by atoms with Crippen molar-refractivity contribution in [2.75, 3.05) is 18.0 Å². The summed E-state index contributed by atoms with van der Waals surface area (Å²) in [6.07, 6.45) is 4.21. The van der Waals surface area contributed by atoms with Gasteiger partial charge in [-0.3, -0.25) is 0 Å². The van der Waals surface area contributed by atoms with Gasteiger partial charge >= 0.3 is 0 Å². The molecule has 2 aromatic rings. The van der Waals surface area contributed by atoms with Crippen LogP contribution in [0.1, 0.15) is 13.3 Å². The first-order valence-electron chi connectivity index (χ1n) is 5.79. The van der Waals surface area contributed by atoms with Crippen molar-refractivity contribution in [2.45, 2.75) is 18.7 Å². The summed E-state index contributed by atoms with van der Waals surface area (Å²) in [5.41, 5.74) is 1.63. The van der Waals surface area contributed by atoms with Gasteiger partial charge < -0.3 is 9.88 Å². The van der Waals surface area contributed by atoms with Crippen LogP contribution in [0, 0.1) is 5.92 Å². The van der Waals surface area contributed by atoms with Crippen LogP contribution in [0.5, 0.6) is 0 Å². The van der Waals surface area contributed by atoms with Gasteiger partial charge in [-0.15, -0.1) is 11.6 Å². The first-order valence-corrected chi connectivity index (χ1v) is 6.22. The number of H-pyrrole nitrogens is 1. The standard InChI is InChI=1S/C11H14ClN5/c1-7-4-17(3-2-8(7)12)11-9-10(14-5-13-9)15-6-16-11/h5-8H,2-4H2,1H3,(H,13,14,15,16). The third kappa shape index (κ3) is 1.84. The molecule has 1 aliphatic heterocycles. The molecule has 0 saturated carbocycles. The summed E-state index contributed by atoms with van der Waals surface area (Å²) < 4.78 is 0. The number of fused-ring (bicyclic) bond motifs is 1. The molecule has 0 spiro atoms. The van der Waals surface area contributed by atoms with Crippen LogP contribution < -0.4 is 4.90 Å². The number of anilines is 1. The summed E-state index contributed by atoms with van der Waals surface area (Å²) in [4.78, 5) is 18.0. The summed E-state index contributed by atoms with van der Waals surface area (Å²) in [6.45, 7) is 4.04. The second kappa shape index (κ2) is 4.14. The van der Waals surface area contributed by atoms with Crippen molar-refractivity contribution in [3.63, 3.8) is 0 Å². The summed E-state index contributed by atoms with van der Waals surface area (Å²) >= 11 is 6.24. The molecule has 2 unspecified atom stereocenters. The normalized spacial score (nSPS) is 25.4. The summed E-state index contributed by atoms with van der Waals surface area (Å²) in [5.74, 6) is 1.40. The number of imidazole rings is 1. The zero-order chi connectivity index (χ0) is 11.8. The first-order chi connectivity index (χ1) is 8.25. The van der Waals surface area contributed by atoms with E-state index >= 15 is 0 Å². The molecule has 6 heteroatoms. The molecule has 90 valence electrons. The smallest absolute Gasteiger partial charge is 0.182 e. The lowest BCUT2D eigenvalue weighted by Gasteiger charge is -2.34. The monoisotopic (exact) mass is 251 g/mol. The second-order valence-corrected chi connectivity index (χ2v) is 5.09. The van der Waals surface area contributed by atoms with Gasteiger partial charge in [0.25, 0.3) is 0 Å². The molecule has 3 heterocycles. The average Bonchev–Trinajstić information content (AvgIpc) is 2.80. The lowest BCUT2D eigenvalue weighted by Crippen LogP contribution is -2.40. The molecule has 1 aliphatic rings. The lowest BCUT2D eigenvalue weighted by molar-refractivity contribution is 0.453. The van der Waals surface area contributed by atoms with E-state index < -0.39 is 0 Å². The Balaban J connectivity index is 1.96. The number of nitrogens with one attached hydrogen (secondary N) is 1. The van der Waals surface area contributed by atoms with Crippen LogP contribution >= 0.6 is 11.6 Å². The Hall–Kier alpha value is -1.36. The Bertz CT molecular complexity index is 525. The van der Waals surface area contributed by atoms with E-state index in [0.29, 0.717) is 5.92 Å². The summed E-state index contributed by atoms with van der Waals surface area (Å²) in [5, 5.41) is 0.269. The van der Waals surface area contributed by atoms with Gasteiger partial charge in [-0.2, -0.15) is 0 Å². The molecule has 1 saturated heterocycles. The fraction of sp³-hybridized carbons (Fsp3) is 0.545. The molecule has 1 N–H and O–H groups in total. The highest BCUT2D eigenvalue weighted by molar-refractivity contribution is 6.20. The maximum atomic E-state index is 6.24. The van der Waals surface area contributed by atoms with Crippen molar-refractivity contribution < 1.29 is 0 Å². The minimum atomic E-state index is 0.269. The third-order valence-corrected chi connectivity index (χ3v) is 3.95. The van der Waals surface area contributed by atoms with Gasteiger partial charge in [-0.25, -0.2) is 15.0 Å². The maximum absolute atomic E-state index is 6.24. The van der Waals surface area contributed by atoms with Crippen molar-refractivity contribution in [1.29, 1.82) is 0 Å². The molecule has 3 rings (SSSR count). The highest BCUT2D eigenvalue weighted by atomic mass is 35.5. The molecule has 17 heavy (non-hydrogen) atoms. The number of rotatable bonds is 1. The Morgan fingerprint density at radius 3 is 3.12 bits per heavy atom. The topological polar surface area (TPSA) is 57.7 Å². The second-order valence-electron chi connectivity index (χ2n) is 4.53.